The van der Waals surface area contributed by atoms with Crippen LogP contribution in [0, 0.1) is 41.4 Å². The molecule has 4 unspecified atom stereocenters. The van der Waals surface area contributed by atoms with Gasteiger partial charge < -0.3 is 37.9 Å². The topological polar surface area (TPSA) is 108 Å². The highest BCUT2D eigenvalue weighted by Gasteiger charge is 2.52. The Morgan fingerprint density at radius 1 is 0.800 bits per heavy atom. The zero-order valence-corrected chi connectivity index (χ0v) is 31.5. The standard InChI is InChI=1S/C40H62O10/c1-9-26-11-10-12-33(50-35-16-13-21(2)23(4)46-35)22(3)36(42)32-19-30-28(31(32)20-34(41)48-26)15-14-25-17-27(18-29(25)30)49-40-39(45-8)38(44-7)37(43-6)24(5)47-40/h14-15,19,21-31,33,35,37-40H,9-13,16-18,20H2,1-8H3/t21-,22+,23?,24?,25+,26-,27+,28+,29+,30+,31-,33-,35-,37-,38?,39?,40-/m0/s1. The summed E-state index contributed by atoms with van der Waals surface area (Å²) < 4.78 is 49.3. The van der Waals surface area contributed by atoms with Gasteiger partial charge in [-0.15, -0.1) is 0 Å². The summed E-state index contributed by atoms with van der Waals surface area (Å²) in [7, 11) is 4.97. The van der Waals surface area contributed by atoms with Gasteiger partial charge in [-0.3, -0.25) is 9.59 Å². The van der Waals surface area contributed by atoms with E-state index in [1.165, 1.54) is 0 Å². The third-order valence-corrected chi connectivity index (χ3v) is 13.0. The third-order valence-electron chi connectivity index (χ3n) is 13.0. The van der Waals surface area contributed by atoms with Gasteiger partial charge in [0.15, 0.2) is 18.4 Å². The molecule has 1 saturated carbocycles. The van der Waals surface area contributed by atoms with Gasteiger partial charge in [0.05, 0.1) is 30.8 Å². The largest absolute Gasteiger partial charge is 0.462 e. The first kappa shape index (κ1) is 38.1. The molecule has 6 rings (SSSR count). The lowest BCUT2D eigenvalue weighted by Crippen LogP contribution is -2.59. The maximum Gasteiger partial charge on any atom is 0.306 e. The molecule has 4 fully saturated rings. The Kier molecular flexibility index (Phi) is 12.6. The normalized spacial score (nSPS) is 47.0. The van der Waals surface area contributed by atoms with Gasteiger partial charge in [-0.1, -0.05) is 39.0 Å². The summed E-state index contributed by atoms with van der Waals surface area (Å²) in [4.78, 5) is 28.0. The summed E-state index contributed by atoms with van der Waals surface area (Å²) in [6.45, 7) is 10.4. The smallest absolute Gasteiger partial charge is 0.306 e. The van der Waals surface area contributed by atoms with Crippen LogP contribution in [0.25, 0.3) is 0 Å². The van der Waals surface area contributed by atoms with Crippen LogP contribution in [0.4, 0.5) is 0 Å². The predicted molar refractivity (Wildman–Crippen MR) is 186 cm³/mol. The van der Waals surface area contributed by atoms with Crippen LogP contribution in [0.15, 0.2) is 23.8 Å². The number of ether oxygens (including phenoxy) is 8. The van der Waals surface area contributed by atoms with E-state index in [0.29, 0.717) is 11.8 Å². The summed E-state index contributed by atoms with van der Waals surface area (Å²) in [5, 5.41) is 0. The Morgan fingerprint density at radius 2 is 1.56 bits per heavy atom. The Bertz CT molecular complexity index is 1230. The second kappa shape index (κ2) is 16.6. The van der Waals surface area contributed by atoms with Crippen LogP contribution < -0.4 is 0 Å². The van der Waals surface area contributed by atoms with E-state index in [0.717, 1.165) is 56.9 Å². The molecule has 3 heterocycles. The Labute approximate surface area is 299 Å². The Hall–Kier alpha value is -1.66. The van der Waals surface area contributed by atoms with Crippen LogP contribution in [0.5, 0.6) is 0 Å². The highest BCUT2D eigenvalue weighted by molar-refractivity contribution is 5.99. The number of carbonyl (C=O) groups is 2. The molecule has 0 radical (unpaired) electrons. The maximum absolute atomic E-state index is 14.6. The van der Waals surface area contributed by atoms with Crippen molar-refractivity contribution < 1.29 is 47.5 Å². The molecule has 282 valence electrons. The first-order chi connectivity index (χ1) is 24.1. The second-order valence-corrected chi connectivity index (χ2v) is 15.9. The van der Waals surface area contributed by atoms with E-state index in [-0.39, 0.29) is 96.8 Å². The highest BCUT2D eigenvalue weighted by atomic mass is 16.7. The van der Waals surface area contributed by atoms with Gasteiger partial charge >= 0.3 is 5.97 Å². The molecule has 0 amide bonds. The number of carbonyl (C=O) groups excluding carboxylic acids is 2. The fourth-order valence-corrected chi connectivity index (χ4v) is 9.86. The number of allylic oxidation sites excluding steroid dienone is 4. The molecule has 50 heavy (non-hydrogen) atoms. The minimum atomic E-state index is -0.590. The summed E-state index contributed by atoms with van der Waals surface area (Å²) >= 11 is 0. The number of methoxy groups -OCH3 is 3. The molecule has 0 spiro atoms. The molecule has 3 aliphatic heterocycles. The van der Waals surface area contributed by atoms with E-state index < -0.39 is 12.4 Å². The van der Waals surface area contributed by atoms with Crippen LogP contribution in [0.2, 0.25) is 0 Å². The fourth-order valence-electron chi connectivity index (χ4n) is 9.86. The number of ketones is 1. The average molecular weight is 703 g/mol. The summed E-state index contributed by atoms with van der Waals surface area (Å²) in [5.41, 5.74) is 0.769. The molecular weight excluding hydrogens is 640 g/mol. The molecule has 3 aliphatic carbocycles. The molecule has 0 aromatic heterocycles. The Balaban J connectivity index is 1.21. The van der Waals surface area contributed by atoms with Crippen molar-refractivity contribution in [3.63, 3.8) is 0 Å². The number of Topliss-reactive ketones (excluding diaryl/α,β-unsaturated/α-hetero) is 1. The minimum Gasteiger partial charge on any atom is -0.462 e. The summed E-state index contributed by atoms with van der Waals surface area (Å²) in [5.74, 6) is 0.571. The minimum absolute atomic E-state index is 0.0480. The first-order valence-electron chi connectivity index (χ1n) is 19.4. The van der Waals surface area contributed by atoms with Crippen molar-refractivity contribution in [2.45, 2.75) is 154 Å². The van der Waals surface area contributed by atoms with Gasteiger partial charge in [-0.05, 0) is 100 Å². The second-order valence-electron chi connectivity index (χ2n) is 15.9. The van der Waals surface area contributed by atoms with E-state index in [9.17, 15) is 9.59 Å². The van der Waals surface area contributed by atoms with Gasteiger partial charge in [0.2, 0.25) is 0 Å². The number of hydrogen-bond donors (Lipinski definition) is 0. The van der Waals surface area contributed by atoms with Crippen molar-refractivity contribution in [1.29, 1.82) is 0 Å². The molecule has 0 N–H and O–H groups in total. The van der Waals surface area contributed by atoms with Crippen molar-refractivity contribution in [1.82, 2.24) is 0 Å². The van der Waals surface area contributed by atoms with Crippen LogP contribution in [0.1, 0.15) is 92.4 Å². The van der Waals surface area contributed by atoms with Crippen molar-refractivity contribution in [3.8, 4) is 0 Å². The maximum atomic E-state index is 14.6. The molecule has 6 aliphatic rings. The fraction of sp³-hybridized carbons (Fsp3) is 0.850. The summed E-state index contributed by atoms with van der Waals surface area (Å²) in [6.07, 6.45) is 11.1. The highest BCUT2D eigenvalue weighted by Crippen LogP contribution is 2.54. The summed E-state index contributed by atoms with van der Waals surface area (Å²) in [6, 6.07) is 0. The number of rotatable bonds is 8. The zero-order chi connectivity index (χ0) is 35.7. The Morgan fingerprint density at radius 3 is 2.26 bits per heavy atom. The van der Waals surface area contributed by atoms with Crippen LogP contribution >= 0.6 is 0 Å². The molecule has 0 aromatic rings. The van der Waals surface area contributed by atoms with E-state index in [4.69, 9.17) is 37.9 Å². The number of fused-ring (bicyclic) bond motifs is 5. The van der Waals surface area contributed by atoms with Crippen molar-refractivity contribution in [2.24, 2.45) is 41.4 Å². The molecule has 0 bridgehead atoms. The zero-order valence-electron chi connectivity index (χ0n) is 31.5. The predicted octanol–water partition coefficient (Wildman–Crippen LogP) is 6.19. The van der Waals surface area contributed by atoms with Crippen LogP contribution in [-0.4, -0.2) is 94.5 Å². The lowest BCUT2D eigenvalue weighted by molar-refractivity contribution is -0.314. The lowest BCUT2D eigenvalue weighted by Gasteiger charge is -2.44. The molecule has 10 nitrogen and oxygen atoms in total. The van der Waals surface area contributed by atoms with Crippen LogP contribution in [-0.2, 0) is 47.5 Å². The van der Waals surface area contributed by atoms with Gasteiger partial charge in [0, 0.05) is 33.2 Å². The number of cyclic esters (lactones) is 1. The monoisotopic (exact) mass is 702 g/mol. The van der Waals surface area contributed by atoms with Gasteiger partial charge in [-0.25, -0.2) is 0 Å². The number of esters is 1. The van der Waals surface area contributed by atoms with E-state index in [2.05, 4.69) is 39.0 Å². The van der Waals surface area contributed by atoms with Gasteiger partial charge in [0.25, 0.3) is 0 Å². The molecule has 17 atom stereocenters. The van der Waals surface area contributed by atoms with Crippen LogP contribution in [0.3, 0.4) is 0 Å². The van der Waals surface area contributed by atoms with Crippen molar-refractivity contribution in [2.75, 3.05) is 21.3 Å². The number of hydrogen-bond acceptors (Lipinski definition) is 10. The molecular formula is C40H62O10. The average Bonchev–Trinajstić information content (AvgIpc) is 3.68. The molecule has 0 aromatic carbocycles. The molecule has 3 saturated heterocycles. The van der Waals surface area contributed by atoms with Crippen molar-refractivity contribution >= 4 is 11.8 Å². The quantitative estimate of drug-likeness (QED) is 0.215. The third kappa shape index (κ3) is 7.82. The molecule has 10 heteroatoms. The van der Waals surface area contributed by atoms with Gasteiger partial charge in [0.1, 0.15) is 24.4 Å². The van der Waals surface area contributed by atoms with E-state index in [1.807, 2.05) is 13.8 Å². The van der Waals surface area contributed by atoms with Crippen molar-refractivity contribution in [3.05, 3.63) is 23.8 Å². The van der Waals surface area contributed by atoms with E-state index >= 15 is 0 Å². The van der Waals surface area contributed by atoms with Gasteiger partial charge in [-0.2, -0.15) is 0 Å². The van der Waals surface area contributed by atoms with E-state index in [1.54, 1.807) is 21.3 Å². The SMILES string of the molecule is CC[C@H]1CCC[C@H](O[C@H]2CC[C@H](C)C(C)O2)[C@@H](C)C(=O)C2=C[C@@H]3[C@@H](C=C[C@@H]4C[C@@H](O[C@@H]5OC(C)[C@H](OC)C(OC)C5OC)C[C@@H]34)[C@@H]2CC(=O)O1. The lowest BCUT2D eigenvalue weighted by atomic mass is 9.70. The first-order valence-corrected chi connectivity index (χ1v) is 19.4.